The quantitative estimate of drug-likeness (QED) is 0.635. The highest BCUT2D eigenvalue weighted by Gasteiger charge is 2.20. The van der Waals surface area contributed by atoms with E-state index in [1.807, 2.05) is 0 Å². The van der Waals surface area contributed by atoms with Gasteiger partial charge in [0.25, 0.3) is 9.05 Å². The molecule has 19 heavy (non-hydrogen) atoms. The van der Waals surface area contributed by atoms with Crippen molar-refractivity contribution in [2.75, 3.05) is 6.61 Å². The lowest BCUT2D eigenvalue weighted by Gasteiger charge is -2.03. The fourth-order valence-corrected chi connectivity index (χ4v) is 2.24. The molecule has 0 unspecified atom stereocenters. The van der Waals surface area contributed by atoms with Crippen molar-refractivity contribution in [1.82, 2.24) is 9.38 Å². The summed E-state index contributed by atoms with van der Waals surface area (Å²) in [5.41, 5.74) is -0.0490. The largest absolute Gasteiger partial charge is 0.460 e. The second-order valence-electron chi connectivity index (χ2n) is 3.52. The van der Waals surface area contributed by atoms with Gasteiger partial charge in [0.05, 0.1) is 12.8 Å². The molecule has 0 aromatic carbocycles. The van der Waals surface area contributed by atoms with Crippen LogP contribution in [-0.2, 0) is 13.8 Å². The van der Waals surface area contributed by atoms with Crippen LogP contribution in [-0.4, -0.2) is 30.4 Å². The smallest absolute Gasteiger partial charge is 0.374 e. The Morgan fingerprint density at radius 1 is 1.58 bits per heavy atom. The second-order valence-corrected chi connectivity index (χ2v) is 6.09. The monoisotopic (exact) mass is 306 g/mol. The molecule has 0 aliphatic carbocycles. The summed E-state index contributed by atoms with van der Waals surface area (Å²) in [6.07, 6.45) is 2.12. The first kappa shape index (κ1) is 13.8. The van der Waals surface area contributed by atoms with Crippen molar-refractivity contribution in [2.24, 2.45) is 0 Å². The number of nitrogens with zero attached hydrogens (tertiary/aromatic N) is 2. The number of pyridine rings is 1. The van der Waals surface area contributed by atoms with E-state index in [2.05, 4.69) is 4.98 Å². The fourth-order valence-electron chi connectivity index (χ4n) is 1.51. The van der Waals surface area contributed by atoms with E-state index in [-0.39, 0.29) is 17.9 Å². The Labute approximate surface area is 112 Å². The molecule has 0 atom stereocenters. The third kappa shape index (κ3) is 2.54. The van der Waals surface area contributed by atoms with Crippen LogP contribution in [0.4, 0.5) is 4.39 Å². The number of hydrogen-bond acceptors (Lipinski definition) is 5. The summed E-state index contributed by atoms with van der Waals surface area (Å²) in [6.45, 7) is 1.71. The minimum absolute atomic E-state index is 0.0490. The van der Waals surface area contributed by atoms with Crippen molar-refractivity contribution in [1.29, 1.82) is 0 Å². The summed E-state index contributed by atoms with van der Waals surface area (Å²) in [6, 6.07) is 0.758. The predicted octanol–water partition coefficient (Wildman–Crippen LogP) is 1.58. The van der Waals surface area contributed by atoms with E-state index in [1.54, 1.807) is 6.92 Å². The maximum absolute atomic E-state index is 13.7. The SMILES string of the molecule is CCOC(=O)c1ncc2c(F)cc(S(=O)(=O)Cl)cn12. The third-order valence-corrected chi connectivity index (χ3v) is 3.63. The lowest BCUT2D eigenvalue weighted by molar-refractivity contribution is 0.0511. The van der Waals surface area contributed by atoms with Crippen LogP contribution in [0, 0.1) is 5.82 Å². The number of aromatic nitrogens is 2. The van der Waals surface area contributed by atoms with E-state index < -0.39 is 25.7 Å². The van der Waals surface area contributed by atoms with Crippen LogP contribution in [0.5, 0.6) is 0 Å². The van der Waals surface area contributed by atoms with E-state index in [4.69, 9.17) is 15.4 Å². The molecular formula is C10H8ClFN2O4S. The highest BCUT2D eigenvalue weighted by atomic mass is 35.7. The van der Waals surface area contributed by atoms with Gasteiger partial charge in [-0.15, -0.1) is 0 Å². The molecule has 0 aliphatic heterocycles. The first-order valence-electron chi connectivity index (χ1n) is 5.13. The molecule has 2 aromatic heterocycles. The second kappa shape index (κ2) is 4.78. The molecule has 0 aliphatic rings. The molecule has 0 N–H and O–H groups in total. The summed E-state index contributed by atoms with van der Waals surface area (Å²) in [5.74, 6) is -1.87. The first-order valence-corrected chi connectivity index (χ1v) is 7.44. The number of ether oxygens (including phenoxy) is 1. The summed E-state index contributed by atoms with van der Waals surface area (Å²) in [7, 11) is 1.03. The van der Waals surface area contributed by atoms with E-state index in [0.717, 1.165) is 22.9 Å². The number of halogens is 2. The van der Waals surface area contributed by atoms with Gasteiger partial charge in [0, 0.05) is 16.9 Å². The number of imidazole rings is 1. The van der Waals surface area contributed by atoms with Crippen molar-refractivity contribution in [3.63, 3.8) is 0 Å². The lowest BCUT2D eigenvalue weighted by atomic mass is 10.4. The summed E-state index contributed by atoms with van der Waals surface area (Å²) in [5, 5.41) is 0. The Morgan fingerprint density at radius 2 is 2.26 bits per heavy atom. The van der Waals surface area contributed by atoms with Gasteiger partial charge in [0.2, 0.25) is 5.82 Å². The van der Waals surface area contributed by atoms with Gasteiger partial charge >= 0.3 is 5.97 Å². The van der Waals surface area contributed by atoms with Crippen molar-refractivity contribution in [2.45, 2.75) is 11.8 Å². The van der Waals surface area contributed by atoms with E-state index in [9.17, 15) is 17.6 Å². The maximum Gasteiger partial charge on any atom is 0.374 e. The Hall–Kier alpha value is -1.67. The Balaban J connectivity index is 2.70. The molecule has 102 valence electrons. The highest BCUT2D eigenvalue weighted by molar-refractivity contribution is 8.13. The topological polar surface area (TPSA) is 77.7 Å². The van der Waals surface area contributed by atoms with Crippen LogP contribution in [0.15, 0.2) is 23.4 Å². The molecule has 0 bridgehead atoms. The van der Waals surface area contributed by atoms with Gasteiger partial charge in [0.15, 0.2) is 0 Å². The Morgan fingerprint density at radius 3 is 2.84 bits per heavy atom. The average Bonchev–Trinajstić information content (AvgIpc) is 2.72. The molecule has 2 rings (SSSR count). The van der Waals surface area contributed by atoms with Crippen LogP contribution in [0.2, 0.25) is 0 Å². The van der Waals surface area contributed by atoms with Crippen molar-refractivity contribution >= 4 is 31.2 Å². The van der Waals surface area contributed by atoms with Gasteiger partial charge < -0.3 is 4.74 Å². The van der Waals surface area contributed by atoms with Gasteiger partial charge in [-0.3, -0.25) is 4.40 Å². The third-order valence-electron chi connectivity index (χ3n) is 2.31. The molecule has 2 aromatic rings. The molecule has 6 nitrogen and oxygen atoms in total. The van der Waals surface area contributed by atoms with Gasteiger partial charge in [-0.2, -0.15) is 0 Å². The predicted molar refractivity (Wildman–Crippen MR) is 64.1 cm³/mol. The van der Waals surface area contributed by atoms with Crippen LogP contribution in [0.25, 0.3) is 5.52 Å². The zero-order valence-corrected chi connectivity index (χ0v) is 11.2. The normalized spacial score (nSPS) is 11.7. The molecule has 0 radical (unpaired) electrons. The van der Waals surface area contributed by atoms with Crippen LogP contribution < -0.4 is 0 Å². The molecule has 0 amide bonds. The van der Waals surface area contributed by atoms with Crippen molar-refractivity contribution < 1.29 is 22.3 Å². The number of rotatable bonds is 3. The van der Waals surface area contributed by atoms with Gasteiger partial charge in [-0.25, -0.2) is 22.6 Å². The van der Waals surface area contributed by atoms with Crippen LogP contribution >= 0.6 is 10.7 Å². The van der Waals surface area contributed by atoms with Crippen molar-refractivity contribution in [3.8, 4) is 0 Å². The van der Waals surface area contributed by atoms with Gasteiger partial charge in [-0.05, 0) is 13.0 Å². The molecular weight excluding hydrogens is 299 g/mol. The van der Waals surface area contributed by atoms with E-state index in [0.29, 0.717) is 0 Å². The minimum atomic E-state index is -4.12. The van der Waals surface area contributed by atoms with E-state index in [1.165, 1.54) is 0 Å². The molecule has 2 heterocycles. The minimum Gasteiger partial charge on any atom is -0.460 e. The number of fused-ring (bicyclic) bond motifs is 1. The number of carbonyl (C=O) groups excluding carboxylic acids is 1. The van der Waals surface area contributed by atoms with Crippen LogP contribution in [0.1, 0.15) is 17.5 Å². The number of carbonyl (C=O) groups is 1. The van der Waals surface area contributed by atoms with Gasteiger partial charge in [0.1, 0.15) is 16.2 Å². The summed E-state index contributed by atoms with van der Waals surface area (Å²) < 4.78 is 41.8. The van der Waals surface area contributed by atoms with Gasteiger partial charge in [-0.1, -0.05) is 0 Å². The van der Waals surface area contributed by atoms with Crippen molar-refractivity contribution in [3.05, 3.63) is 30.1 Å². The van der Waals surface area contributed by atoms with E-state index >= 15 is 0 Å². The zero-order valence-electron chi connectivity index (χ0n) is 9.63. The Bertz CT molecular complexity index is 756. The Kier molecular flexibility index (Phi) is 3.46. The maximum atomic E-state index is 13.7. The molecule has 0 spiro atoms. The molecule has 0 saturated carbocycles. The average molecular weight is 307 g/mol. The molecule has 9 heteroatoms. The number of esters is 1. The molecule has 0 fully saturated rings. The lowest BCUT2D eigenvalue weighted by Crippen LogP contribution is -2.10. The number of hydrogen-bond donors (Lipinski definition) is 0. The van der Waals surface area contributed by atoms with Crippen LogP contribution in [0.3, 0.4) is 0 Å². The fraction of sp³-hybridized carbons (Fsp3) is 0.200. The first-order chi connectivity index (χ1) is 8.84. The summed E-state index contributed by atoms with van der Waals surface area (Å²) in [4.78, 5) is 14.8. The molecule has 0 saturated heterocycles. The highest BCUT2D eigenvalue weighted by Crippen LogP contribution is 2.20. The standard InChI is InChI=1S/C10H8ClFN2O4S/c1-2-18-10(15)9-13-4-8-7(12)3-6(5-14(8)9)19(11,16)17/h3-5H,2H2,1H3. The summed E-state index contributed by atoms with van der Waals surface area (Å²) >= 11 is 0. The zero-order chi connectivity index (χ0) is 14.2.